The molecule has 1 aromatic carbocycles. The fraction of sp³-hybridized carbons (Fsp3) is 0.333. The van der Waals surface area contributed by atoms with E-state index in [2.05, 4.69) is 20.4 Å². The topological polar surface area (TPSA) is 110 Å². The Morgan fingerprint density at radius 3 is 2.69 bits per heavy atom. The molecule has 2 heterocycles. The molecule has 152 valence electrons. The van der Waals surface area contributed by atoms with E-state index in [1.54, 1.807) is 0 Å². The fourth-order valence-corrected chi connectivity index (χ4v) is 2.94. The van der Waals surface area contributed by atoms with Crippen LogP contribution in [0.4, 0.5) is 0 Å². The van der Waals surface area contributed by atoms with Crippen LogP contribution in [0.15, 0.2) is 39.6 Å². The lowest BCUT2D eigenvalue weighted by molar-refractivity contribution is -0.121. The van der Waals surface area contributed by atoms with Crippen molar-refractivity contribution in [2.45, 2.75) is 40.2 Å². The van der Waals surface area contributed by atoms with Gasteiger partial charge < -0.3 is 19.6 Å². The molecule has 0 atom stereocenters. The van der Waals surface area contributed by atoms with Gasteiger partial charge >= 0.3 is 0 Å². The molecule has 0 spiro atoms. The van der Waals surface area contributed by atoms with Crippen LogP contribution in [0.25, 0.3) is 11.4 Å². The second kappa shape index (κ2) is 9.18. The minimum atomic E-state index is -0.190. The monoisotopic (exact) mass is 396 g/mol. The van der Waals surface area contributed by atoms with Crippen LogP contribution in [0.5, 0.6) is 5.75 Å². The summed E-state index contributed by atoms with van der Waals surface area (Å²) >= 11 is 0. The average Bonchev–Trinajstić information content (AvgIpc) is 3.15. The van der Waals surface area contributed by atoms with Crippen LogP contribution in [-0.4, -0.2) is 27.6 Å². The van der Waals surface area contributed by atoms with Gasteiger partial charge in [-0.1, -0.05) is 5.16 Å². The molecule has 29 heavy (non-hydrogen) atoms. The number of rotatable bonds is 8. The van der Waals surface area contributed by atoms with Crippen molar-refractivity contribution >= 4 is 5.91 Å². The summed E-state index contributed by atoms with van der Waals surface area (Å²) in [5, 5.41) is 6.73. The standard InChI is InChI=1S/C21H24N4O4/c1-4-28-16-7-5-15(6-8-16)20-24-19(29-25-20)10-9-18(26)22-12-17-13(2)11-14(3)23-21(17)27/h5-8,11H,4,9-10,12H2,1-3H3,(H,22,26)(H,23,27). The number of hydrogen-bond donors (Lipinski definition) is 2. The van der Waals surface area contributed by atoms with Crippen molar-refractivity contribution < 1.29 is 14.1 Å². The number of H-pyrrole nitrogens is 1. The molecule has 2 aromatic heterocycles. The highest BCUT2D eigenvalue weighted by atomic mass is 16.5. The van der Waals surface area contributed by atoms with Crippen molar-refractivity contribution in [3.8, 4) is 17.1 Å². The maximum atomic E-state index is 12.1. The Labute approximate surface area is 168 Å². The molecule has 0 fully saturated rings. The van der Waals surface area contributed by atoms with Crippen molar-refractivity contribution in [3.63, 3.8) is 0 Å². The predicted octanol–water partition coefficient (Wildman–Crippen LogP) is 2.69. The van der Waals surface area contributed by atoms with Gasteiger partial charge in [0.1, 0.15) is 5.75 Å². The molecule has 0 aliphatic carbocycles. The summed E-state index contributed by atoms with van der Waals surface area (Å²) in [5.41, 5.74) is 2.83. The molecule has 8 nitrogen and oxygen atoms in total. The molecule has 3 aromatic rings. The molecule has 0 bridgehead atoms. The molecule has 1 amide bonds. The van der Waals surface area contributed by atoms with Crippen LogP contribution in [0.3, 0.4) is 0 Å². The lowest BCUT2D eigenvalue weighted by Crippen LogP contribution is -2.28. The van der Waals surface area contributed by atoms with Crippen molar-refractivity contribution in [3.05, 3.63) is 63.4 Å². The van der Waals surface area contributed by atoms with Crippen LogP contribution in [0.2, 0.25) is 0 Å². The Morgan fingerprint density at radius 2 is 2.00 bits per heavy atom. The van der Waals surface area contributed by atoms with Crippen LogP contribution in [-0.2, 0) is 17.8 Å². The van der Waals surface area contributed by atoms with E-state index in [-0.39, 0.29) is 24.4 Å². The number of nitrogens with one attached hydrogen (secondary N) is 2. The molecule has 0 aliphatic rings. The molecule has 8 heteroatoms. The normalized spacial score (nSPS) is 10.7. The molecule has 0 saturated heterocycles. The molecule has 2 N–H and O–H groups in total. The van der Waals surface area contributed by atoms with Crippen molar-refractivity contribution in [2.24, 2.45) is 0 Å². The van der Waals surface area contributed by atoms with Crippen molar-refractivity contribution in [1.82, 2.24) is 20.4 Å². The van der Waals surface area contributed by atoms with E-state index in [1.165, 1.54) is 0 Å². The SMILES string of the molecule is CCOc1ccc(-c2noc(CCC(=O)NCc3c(C)cc(C)[nH]c3=O)n2)cc1. The minimum Gasteiger partial charge on any atom is -0.494 e. The molecule has 0 radical (unpaired) electrons. The van der Waals surface area contributed by atoms with Gasteiger partial charge in [0.2, 0.25) is 17.6 Å². The highest BCUT2D eigenvalue weighted by Crippen LogP contribution is 2.20. The number of aromatic nitrogens is 3. The lowest BCUT2D eigenvalue weighted by atomic mass is 10.1. The first-order valence-electron chi connectivity index (χ1n) is 9.48. The number of pyridine rings is 1. The Hall–Kier alpha value is -3.42. The summed E-state index contributed by atoms with van der Waals surface area (Å²) in [6, 6.07) is 9.28. The van der Waals surface area contributed by atoms with Crippen LogP contribution in [0.1, 0.15) is 36.1 Å². The van der Waals surface area contributed by atoms with Gasteiger partial charge in [-0.2, -0.15) is 4.98 Å². The summed E-state index contributed by atoms with van der Waals surface area (Å²) in [4.78, 5) is 31.2. The van der Waals surface area contributed by atoms with E-state index in [4.69, 9.17) is 9.26 Å². The molecular formula is C21H24N4O4. The second-order valence-electron chi connectivity index (χ2n) is 6.69. The third-order valence-corrected chi connectivity index (χ3v) is 4.41. The molecule has 0 aliphatic heterocycles. The van der Waals surface area contributed by atoms with Gasteiger partial charge in [0.25, 0.3) is 5.56 Å². The zero-order chi connectivity index (χ0) is 20.8. The largest absolute Gasteiger partial charge is 0.494 e. The number of benzene rings is 1. The Balaban J connectivity index is 1.53. The van der Waals surface area contributed by atoms with Crippen molar-refractivity contribution in [1.29, 1.82) is 0 Å². The average molecular weight is 396 g/mol. The second-order valence-corrected chi connectivity index (χ2v) is 6.69. The zero-order valence-corrected chi connectivity index (χ0v) is 16.7. The van der Waals surface area contributed by atoms with Gasteiger partial charge in [-0.15, -0.1) is 0 Å². The van der Waals surface area contributed by atoms with Gasteiger partial charge in [-0.25, -0.2) is 0 Å². The van der Waals surface area contributed by atoms with Gasteiger partial charge in [0.05, 0.1) is 6.61 Å². The number of carbonyl (C=O) groups excluding carboxylic acids is 1. The Kier molecular flexibility index (Phi) is 6.43. The fourth-order valence-electron chi connectivity index (χ4n) is 2.94. The third-order valence-electron chi connectivity index (χ3n) is 4.41. The van der Waals surface area contributed by atoms with Gasteiger partial charge in [0.15, 0.2) is 0 Å². The first-order chi connectivity index (χ1) is 14.0. The minimum absolute atomic E-state index is 0.181. The first kappa shape index (κ1) is 20.3. The number of nitrogens with zero attached hydrogens (tertiary/aromatic N) is 2. The molecular weight excluding hydrogens is 372 g/mol. The molecule has 3 rings (SSSR count). The highest BCUT2D eigenvalue weighted by Gasteiger charge is 2.12. The van der Waals surface area contributed by atoms with E-state index >= 15 is 0 Å². The summed E-state index contributed by atoms with van der Waals surface area (Å²) in [6.07, 6.45) is 0.507. The van der Waals surface area contributed by atoms with E-state index in [0.717, 1.165) is 22.6 Å². The number of aryl methyl sites for hydroxylation is 3. The summed E-state index contributed by atoms with van der Waals surface area (Å²) in [7, 11) is 0. The van der Waals surface area contributed by atoms with Gasteiger partial charge in [-0.3, -0.25) is 9.59 Å². The van der Waals surface area contributed by atoms with Gasteiger partial charge in [0, 0.05) is 36.2 Å². The quantitative estimate of drug-likeness (QED) is 0.606. The maximum absolute atomic E-state index is 12.1. The molecule has 0 saturated carbocycles. The Morgan fingerprint density at radius 1 is 1.24 bits per heavy atom. The van der Waals surface area contributed by atoms with E-state index < -0.39 is 0 Å². The van der Waals surface area contributed by atoms with E-state index in [9.17, 15) is 9.59 Å². The number of hydrogen-bond acceptors (Lipinski definition) is 6. The van der Waals surface area contributed by atoms with E-state index in [0.29, 0.717) is 30.3 Å². The number of amides is 1. The van der Waals surface area contributed by atoms with Crippen molar-refractivity contribution in [2.75, 3.05) is 6.61 Å². The number of ether oxygens (including phenoxy) is 1. The lowest BCUT2D eigenvalue weighted by Gasteiger charge is -2.07. The third kappa shape index (κ3) is 5.31. The summed E-state index contributed by atoms with van der Waals surface area (Å²) in [5.74, 6) is 1.43. The van der Waals surface area contributed by atoms with Crippen LogP contribution >= 0.6 is 0 Å². The smallest absolute Gasteiger partial charge is 0.253 e. The highest BCUT2D eigenvalue weighted by molar-refractivity contribution is 5.76. The van der Waals surface area contributed by atoms with Crippen LogP contribution < -0.4 is 15.6 Å². The van der Waals surface area contributed by atoms with E-state index in [1.807, 2.05) is 51.1 Å². The predicted molar refractivity (Wildman–Crippen MR) is 108 cm³/mol. The first-order valence-corrected chi connectivity index (χ1v) is 9.48. The maximum Gasteiger partial charge on any atom is 0.253 e. The number of carbonyl (C=O) groups is 1. The molecule has 0 unspecified atom stereocenters. The Bertz CT molecular complexity index is 1040. The summed E-state index contributed by atoms with van der Waals surface area (Å²) < 4.78 is 10.6. The summed E-state index contributed by atoms with van der Waals surface area (Å²) in [6.45, 7) is 6.38. The van der Waals surface area contributed by atoms with Gasteiger partial charge in [-0.05, 0) is 56.7 Å². The number of aromatic amines is 1. The zero-order valence-electron chi connectivity index (χ0n) is 16.7. The van der Waals surface area contributed by atoms with Crippen LogP contribution in [0, 0.1) is 13.8 Å².